The molecule has 2 aromatic rings. The fourth-order valence-electron chi connectivity index (χ4n) is 2.94. The molecule has 2 aromatic carbocycles. The number of anilines is 1. The number of rotatable bonds is 5. The van der Waals surface area contributed by atoms with Gasteiger partial charge >= 0.3 is 5.97 Å². The van der Waals surface area contributed by atoms with Gasteiger partial charge in [0.05, 0.1) is 11.9 Å². The van der Waals surface area contributed by atoms with Gasteiger partial charge in [-0.3, -0.25) is 9.69 Å². The average molecular weight is 410 g/mol. The molecule has 1 heterocycles. The Morgan fingerprint density at radius 1 is 1.21 bits per heavy atom. The van der Waals surface area contributed by atoms with Crippen LogP contribution in [0, 0.1) is 24.1 Å². The maximum Gasteiger partial charge on any atom is 0.351 e. The number of esters is 1. The predicted octanol–water partition coefficient (Wildman–Crippen LogP) is 4.12. The Balaban J connectivity index is 2.02. The molecule has 148 valence electrons. The number of thioether (sulfide) groups is 1. The van der Waals surface area contributed by atoms with E-state index in [9.17, 15) is 19.2 Å². The van der Waals surface area contributed by atoms with E-state index in [2.05, 4.69) is 0 Å². The third kappa shape index (κ3) is 4.49. The van der Waals surface area contributed by atoms with Crippen molar-refractivity contribution in [3.8, 4) is 6.07 Å². The zero-order valence-corrected chi connectivity index (χ0v) is 16.8. The summed E-state index contributed by atoms with van der Waals surface area (Å²) in [5, 5.41) is 9.26. The highest BCUT2D eigenvalue weighted by atomic mass is 32.2. The van der Waals surface area contributed by atoms with Gasteiger partial charge in [0.2, 0.25) is 5.91 Å². The number of nitrogens with zero attached hydrogens (tertiary/aromatic N) is 2. The third-order valence-corrected chi connectivity index (χ3v) is 5.65. The number of hydrogen-bond donors (Lipinski definition) is 0. The summed E-state index contributed by atoms with van der Waals surface area (Å²) >= 11 is 1.15. The quantitative estimate of drug-likeness (QED) is 0.421. The molecule has 0 bridgehead atoms. The highest BCUT2D eigenvalue weighted by Gasteiger charge is 2.41. The van der Waals surface area contributed by atoms with E-state index in [0.29, 0.717) is 12.1 Å². The lowest BCUT2D eigenvalue weighted by molar-refractivity contribution is -0.138. The monoisotopic (exact) mass is 410 g/mol. The van der Waals surface area contributed by atoms with Crippen molar-refractivity contribution >= 4 is 29.3 Å². The van der Waals surface area contributed by atoms with Gasteiger partial charge in [-0.1, -0.05) is 41.6 Å². The van der Waals surface area contributed by atoms with E-state index in [1.807, 2.05) is 37.3 Å². The van der Waals surface area contributed by atoms with Crippen LogP contribution in [0.15, 0.2) is 59.1 Å². The van der Waals surface area contributed by atoms with E-state index in [4.69, 9.17) is 4.74 Å². The van der Waals surface area contributed by atoms with Crippen LogP contribution in [0.3, 0.4) is 0 Å². The topological polar surface area (TPSA) is 70.4 Å². The summed E-state index contributed by atoms with van der Waals surface area (Å²) in [6, 6.07) is 15.1. The Morgan fingerprint density at radius 2 is 1.86 bits per heavy atom. The lowest BCUT2D eigenvalue weighted by Crippen LogP contribution is -2.30. The predicted molar refractivity (Wildman–Crippen MR) is 109 cm³/mol. The minimum absolute atomic E-state index is 0.110. The smallest absolute Gasteiger partial charge is 0.351 e. The van der Waals surface area contributed by atoms with Crippen molar-refractivity contribution in [2.75, 3.05) is 11.5 Å². The normalized spacial score (nSPS) is 17.8. The van der Waals surface area contributed by atoms with Crippen LogP contribution in [0.25, 0.3) is 0 Å². The van der Waals surface area contributed by atoms with Crippen LogP contribution in [-0.4, -0.2) is 23.7 Å². The standard InChI is InChI=1S/C22H19FN2O3S/c1-3-28-22(27)18(13-24)21-25(17-10-8-16(23)9-11-17)20(26)19(29-21)12-15-6-4-14(2)5-7-15/h4-11,19H,3,12H2,1-2H3/b21-18+/t19-/m1/s1. The molecule has 0 aromatic heterocycles. The van der Waals surface area contributed by atoms with Crippen molar-refractivity contribution in [2.45, 2.75) is 25.5 Å². The molecule has 1 amide bonds. The summed E-state index contributed by atoms with van der Waals surface area (Å²) in [5.74, 6) is -1.50. The molecule has 1 atom stereocenters. The first-order valence-corrected chi connectivity index (χ1v) is 9.95. The molecule has 1 aliphatic rings. The van der Waals surface area contributed by atoms with Crippen LogP contribution in [0.2, 0.25) is 0 Å². The van der Waals surface area contributed by atoms with Crippen molar-refractivity contribution in [2.24, 2.45) is 0 Å². The number of carbonyl (C=O) groups is 2. The molecular formula is C22H19FN2O3S. The fraction of sp³-hybridized carbons (Fsp3) is 0.227. The Hall–Kier alpha value is -3.11. The molecule has 0 N–H and O–H groups in total. The van der Waals surface area contributed by atoms with Gasteiger partial charge in [0, 0.05) is 5.69 Å². The molecule has 1 aliphatic heterocycles. The number of halogens is 1. The number of ether oxygens (including phenoxy) is 1. The minimum atomic E-state index is -0.784. The average Bonchev–Trinajstić information content (AvgIpc) is 3.01. The first kappa shape index (κ1) is 20.6. The lowest BCUT2D eigenvalue weighted by Gasteiger charge is -2.18. The molecule has 0 spiro atoms. The Morgan fingerprint density at radius 3 is 2.45 bits per heavy atom. The van der Waals surface area contributed by atoms with Gasteiger partial charge in [-0.25, -0.2) is 9.18 Å². The molecule has 0 unspecified atom stereocenters. The highest BCUT2D eigenvalue weighted by molar-refractivity contribution is 8.05. The summed E-state index contributed by atoms with van der Waals surface area (Å²) in [4.78, 5) is 26.8. The van der Waals surface area contributed by atoms with Gasteiger partial charge in [0.1, 0.15) is 16.9 Å². The molecule has 5 nitrogen and oxygen atoms in total. The maximum absolute atomic E-state index is 13.4. The van der Waals surface area contributed by atoms with Crippen molar-refractivity contribution in [1.29, 1.82) is 5.26 Å². The molecule has 0 aliphatic carbocycles. The van der Waals surface area contributed by atoms with Gasteiger partial charge in [0.15, 0.2) is 5.57 Å². The van der Waals surface area contributed by atoms with Gasteiger partial charge in [-0.2, -0.15) is 5.26 Å². The molecule has 7 heteroatoms. The van der Waals surface area contributed by atoms with Crippen molar-refractivity contribution in [3.63, 3.8) is 0 Å². The van der Waals surface area contributed by atoms with E-state index in [1.165, 1.54) is 29.2 Å². The van der Waals surface area contributed by atoms with Crippen LogP contribution in [0.4, 0.5) is 10.1 Å². The van der Waals surface area contributed by atoms with E-state index in [0.717, 1.165) is 22.9 Å². The van der Waals surface area contributed by atoms with E-state index < -0.39 is 17.0 Å². The van der Waals surface area contributed by atoms with Crippen LogP contribution < -0.4 is 4.90 Å². The summed E-state index contributed by atoms with van der Waals surface area (Å²) in [6.45, 7) is 3.73. The molecule has 0 radical (unpaired) electrons. The zero-order chi connectivity index (χ0) is 21.0. The van der Waals surface area contributed by atoms with Crippen LogP contribution in [-0.2, 0) is 20.7 Å². The molecular weight excluding hydrogens is 391 g/mol. The summed E-state index contributed by atoms with van der Waals surface area (Å²) in [5.41, 5.74) is 2.24. The maximum atomic E-state index is 13.4. The van der Waals surface area contributed by atoms with Crippen LogP contribution >= 0.6 is 11.8 Å². The SMILES string of the molecule is CCOC(=O)/C(C#N)=C1/S[C@H](Cc2ccc(C)cc2)C(=O)N1c1ccc(F)cc1. The number of amides is 1. The van der Waals surface area contributed by atoms with Gasteiger partial charge in [-0.15, -0.1) is 0 Å². The zero-order valence-electron chi connectivity index (χ0n) is 16.0. The number of benzene rings is 2. The van der Waals surface area contributed by atoms with E-state index in [1.54, 1.807) is 6.92 Å². The lowest BCUT2D eigenvalue weighted by atomic mass is 10.1. The summed E-state index contributed by atoms with van der Waals surface area (Å²) < 4.78 is 18.4. The number of carbonyl (C=O) groups excluding carboxylic acids is 2. The second kappa shape index (κ2) is 8.93. The Labute approximate surface area is 172 Å². The minimum Gasteiger partial charge on any atom is -0.462 e. The molecule has 1 saturated heterocycles. The summed E-state index contributed by atoms with van der Waals surface area (Å²) in [7, 11) is 0. The molecule has 3 rings (SSSR count). The number of aryl methyl sites for hydroxylation is 1. The first-order valence-electron chi connectivity index (χ1n) is 9.07. The van der Waals surface area contributed by atoms with Gasteiger partial charge in [0.25, 0.3) is 0 Å². The molecule has 0 saturated carbocycles. The van der Waals surface area contributed by atoms with Crippen LogP contribution in [0.1, 0.15) is 18.1 Å². The molecule has 29 heavy (non-hydrogen) atoms. The Kier molecular flexibility index (Phi) is 6.35. The first-order chi connectivity index (χ1) is 13.9. The van der Waals surface area contributed by atoms with Crippen molar-refractivity contribution < 1.29 is 18.7 Å². The second-order valence-electron chi connectivity index (χ2n) is 6.46. The largest absolute Gasteiger partial charge is 0.462 e. The van der Waals surface area contributed by atoms with Crippen molar-refractivity contribution in [1.82, 2.24) is 0 Å². The summed E-state index contributed by atoms with van der Waals surface area (Å²) in [6.07, 6.45) is 0.437. The van der Waals surface area contributed by atoms with Gasteiger partial charge < -0.3 is 4.74 Å². The fourth-order valence-corrected chi connectivity index (χ4v) is 4.24. The molecule has 1 fully saturated rings. The number of nitriles is 1. The van der Waals surface area contributed by atoms with Crippen molar-refractivity contribution in [3.05, 3.63) is 76.1 Å². The van der Waals surface area contributed by atoms with E-state index >= 15 is 0 Å². The highest BCUT2D eigenvalue weighted by Crippen LogP contribution is 2.42. The number of hydrogen-bond acceptors (Lipinski definition) is 5. The van der Waals surface area contributed by atoms with Crippen LogP contribution in [0.5, 0.6) is 0 Å². The van der Waals surface area contributed by atoms with E-state index in [-0.39, 0.29) is 23.1 Å². The third-order valence-electron chi connectivity index (χ3n) is 4.38. The second-order valence-corrected chi connectivity index (χ2v) is 7.65. The Bertz CT molecular complexity index is 994. The van der Waals surface area contributed by atoms with Gasteiger partial charge in [-0.05, 0) is 50.1 Å².